The van der Waals surface area contributed by atoms with Crippen LogP contribution in [0, 0.1) is 5.92 Å². The lowest BCUT2D eigenvalue weighted by molar-refractivity contribution is -0.211. The van der Waals surface area contributed by atoms with Crippen molar-refractivity contribution >= 4 is 18.0 Å². The monoisotopic (exact) mass is 346 g/mol. The molecule has 3 saturated heterocycles. The molecule has 1 aromatic rings. The van der Waals surface area contributed by atoms with Crippen LogP contribution < -0.4 is 0 Å². The van der Waals surface area contributed by atoms with E-state index in [0.717, 1.165) is 0 Å². The SMILES string of the molecule is CC1(C)OC2OC3C(C(=Cc4ccccc4)C(=O)O)C(=O)OC3C2O1. The molecule has 3 heterocycles. The van der Waals surface area contributed by atoms with E-state index in [1.165, 1.54) is 6.08 Å². The fourth-order valence-corrected chi connectivity index (χ4v) is 3.57. The minimum Gasteiger partial charge on any atom is -0.478 e. The second-order valence-electron chi connectivity index (χ2n) is 6.76. The molecule has 132 valence electrons. The van der Waals surface area contributed by atoms with Crippen LogP contribution in [0.1, 0.15) is 19.4 Å². The number of esters is 1. The lowest BCUT2D eigenvalue weighted by atomic mass is 9.91. The predicted molar refractivity (Wildman–Crippen MR) is 84.1 cm³/mol. The molecule has 0 spiro atoms. The average molecular weight is 346 g/mol. The Morgan fingerprint density at radius 2 is 1.84 bits per heavy atom. The smallest absolute Gasteiger partial charge is 0.332 e. The summed E-state index contributed by atoms with van der Waals surface area (Å²) in [6.45, 7) is 3.49. The first kappa shape index (κ1) is 16.3. The number of hydrogen-bond donors (Lipinski definition) is 1. The van der Waals surface area contributed by atoms with Crippen molar-refractivity contribution in [2.24, 2.45) is 5.92 Å². The first-order valence-corrected chi connectivity index (χ1v) is 8.07. The highest BCUT2D eigenvalue weighted by Gasteiger charge is 2.64. The normalized spacial score (nSPS) is 36.0. The van der Waals surface area contributed by atoms with Gasteiger partial charge in [0.15, 0.2) is 24.3 Å². The molecule has 3 aliphatic rings. The van der Waals surface area contributed by atoms with Gasteiger partial charge in [-0.1, -0.05) is 30.3 Å². The number of benzene rings is 1. The van der Waals surface area contributed by atoms with E-state index in [1.54, 1.807) is 38.1 Å². The Labute approximate surface area is 144 Å². The molecule has 3 aliphatic heterocycles. The average Bonchev–Trinajstić information content (AvgIpc) is 3.12. The Balaban J connectivity index is 1.65. The number of rotatable bonds is 3. The minimum atomic E-state index is -1.19. The zero-order valence-electron chi connectivity index (χ0n) is 13.7. The number of aliphatic carboxylic acids is 1. The van der Waals surface area contributed by atoms with Crippen LogP contribution >= 0.6 is 0 Å². The molecular formula is C18H18O7. The summed E-state index contributed by atoms with van der Waals surface area (Å²) in [4.78, 5) is 24.2. The Morgan fingerprint density at radius 1 is 1.12 bits per heavy atom. The molecule has 7 heteroatoms. The van der Waals surface area contributed by atoms with E-state index in [0.29, 0.717) is 5.56 Å². The predicted octanol–water partition coefficient (Wildman–Crippen LogP) is 1.57. The largest absolute Gasteiger partial charge is 0.478 e. The lowest BCUT2D eigenvalue weighted by Gasteiger charge is -2.22. The standard InChI is InChI=1S/C18H18O7/c1-18(2)24-14-13-12(23-17(14)25-18)11(16(21)22-13)10(15(19)20)8-9-6-4-3-5-7-9/h3-8,11-14,17H,1-2H3,(H,19,20). The third-order valence-electron chi connectivity index (χ3n) is 4.57. The summed E-state index contributed by atoms with van der Waals surface area (Å²) in [6.07, 6.45) is -1.18. The third-order valence-corrected chi connectivity index (χ3v) is 4.57. The van der Waals surface area contributed by atoms with Gasteiger partial charge in [-0.25, -0.2) is 4.79 Å². The van der Waals surface area contributed by atoms with Gasteiger partial charge < -0.3 is 24.1 Å². The van der Waals surface area contributed by atoms with Crippen molar-refractivity contribution in [1.82, 2.24) is 0 Å². The first-order valence-electron chi connectivity index (χ1n) is 8.07. The summed E-state index contributed by atoms with van der Waals surface area (Å²) in [5.41, 5.74) is 0.617. The molecule has 0 saturated carbocycles. The second-order valence-corrected chi connectivity index (χ2v) is 6.76. The highest BCUT2D eigenvalue weighted by atomic mass is 16.8. The van der Waals surface area contributed by atoms with E-state index < -0.39 is 48.2 Å². The lowest BCUT2D eigenvalue weighted by Crippen LogP contribution is -2.34. The van der Waals surface area contributed by atoms with Crippen molar-refractivity contribution in [2.45, 2.75) is 44.2 Å². The minimum absolute atomic E-state index is 0.0667. The Hall–Kier alpha value is -2.22. The Morgan fingerprint density at radius 3 is 2.52 bits per heavy atom. The van der Waals surface area contributed by atoms with Gasteiger partial charge in [0.1, 0.15) is 12.0 Å². The maximum atomic E-state index is 12.4. The van der Waals surface area contributed by atoms with Gasteiger partial charge in [0, 0.05) is 0 Å². The maximum absolute atomic E-state index is 12.4. The topological polar surface area (TPSA) is 91.3 Å². The van der Waals surface area contributed by atoms with Gasteiger partial charge in [-0.2, -0.15) is 0 Å². The van der Waals surface area contributed by atoms with Crippen molar-refractivity contribution in [2.75, 3.05) is 0 Å². The van der Waals surface area contributed by atoms with Crippen LogP contribution in [0.4, 0.5) is 0 Å². The molecule has 4 rings (SSSR count). The quantitative estimate of drug-likeness (QED) is 0.656. The van der Waals surface area contributed by atoms with E-state index in [9.17, 15) is 14.7 Å². The van der Waals surface area contributed by atoms with Crippen LogP contribution in [0.25, 0.3) is 6.08 Å². The van der Waals surface area contributed by atoms with Gasteiger partial charge >= 0.3 is 11.9 Å². The number of ether oxygens (including phenoxy) is 4. The Kier molecular flexibility index (Phi) is 3.68. The first-order chi connectivity index (χ1) is 11.9. The van der Waals surface area contributed by atoms with Crippen molar-refractivity contribution in [3.05, 3.63) is 41.5 Å². The fourth-order valence-electron chi connectivity index (χ4n) is 3.57. The molecule has 5 unspecified atom stereocenters. The fraction of sp³-hybridized carbons (Fsp3) is 0.444. The van der Waals surface area contributed by atoms with E-state index in [2.05, 4.69) is 0 Å². The summed E-state index contributed by atoms with van der Waals surface area (Å²) in [5, 5.41) is 9.62. The molecule has 3 fully saturated rings. The van der Waals surface area contributed by atoms with Crippen LogP contribution in [0.2, 0.25) is 0 Å². The van der Waals surface area contributed by atoms with Crippen LogP contribution in [-0.2, 0) is 28.5 Å². The number of fused-ring (bicyclic) bond motifs is 3. The van der Waals surface area contributed by atoms with Gasteiger partial charge in [-0.3, -0.25) is 4.79 Å². The van der Waals surface area contributed by atoms with Crippen LogP contribution in [0.5, 0.6) is 0 Å². The number of carbonyl (C=O) groups is 2. The molecule has 7 nitrogen and oxygen atoms in total. The van der Waals surface area contributed by atoms with Crippen molar-refractivity contribution < 1.29 is 33.6 Å². The van der Waals surface area contributed by atoms with Crippen LogP contribution in [0.3, 0.4) is 0 Å². The van der Waals surface area contributed by atoms with Crippen LogP contribution in [0.15, 0.2) is 35.9 Å². The van der Waals surface area contributed by atoms with Gasteiger partial charge in [0.2, 0.25) is 0 Å². The highest BCUT2D eigenvalue weighted by molar-refractivity contribution is 5.99. The number of hydrogen-bond acceptors (Lipinski definition) is 6. The van der Waals surface area contributed by atoms with E-state index in [4.69, 9.17) is 18.9 Å². The summed E-state index contributed by atoms with van der Waals surface area (Å²) in [6, 6.07) is 8.94. The molecule has 0 radical (unpaired) electrons. The maximum Gasteiger partial charge on any atom is 0.332 e. The zero-order valence-corrected chi connectivity index (χ0v) is 13.7. The molecule has 0 bridgehead atoms. The molecule has 0 aliphatic carbocycles. The zero-order chi connectivity index (χ0) is 17.8. The number of carbonyl (C=O) groups excluding carboxylic acids is 1. The molecular weight excluding hydrogens is 328 g/mol. The van der Waals surface area contributed by atoms with E-state index in [1.807, 2.05) is 6.07 Å². The molecule has 25 heavy (non-hydrogen) atoms. The van der Waals surface area contributed by atoms with Crippen LogP contribution in [-0.4, -0.2) is 47.4 Å². The summed E-state index contributed by atoms with van der Waals surface area (Å²) < 4.78 is 22.6. The van der Waals surface area contributed by atoms with E-state index in [-0.39, 0.29) is 5.57 Å². The van der Waals surface area contributed by atoms with Crippen molar-refractivity contribution in [3.8, 4) is 0 Å². The van der Waals surface area contributed by atoms with Crippen molar-refractivity contribution in [1.29, 1.82) is 0 Å². The molecule has 0 amide bonds. The third kappa shape index (κ3) is 2.74. The second kappa shape index (κ2) is 5.66. The number of carboxylic acids is 1. The number of carboxylic acid groups (broad SMARTS) is 1. The summed E-state index contributed by atoms with van der Waals surface area (Å²) in [5.74, 6) is -3.66. The van der Waals surface area contributed by atoms with Gasteiger partial charge in [-0.15, -0.1) is 0 Å². The van der Waals surface area contributed by atoms with Gasteiger partial charge in [0.05, 0.1) is 5.57 Å². The Bertz CT molecular complexity index is 739. The highest BCUT2D eigenvalue weighted by Crippen LogP contribution is 2.46. The van der Waals surface area contributed by atoms with E-state index >= 15 is 0 Å². The summed E-state index contributed by atoms with van der Waals surface area (Å²) >= 11 is 0. The molecule has 5 atom stereocenters. The van der Waals surface area contributed by atoms with Gasteiger partial charge in [0.25, 0.3) is 0 Å². The molecule has 1 N–H and O–H groups in total. The molecule has 0 aromatic heterocycles. The van der Waals surface area contributed by atoms with Crippen molar-refractivity contribution in [3.63, 3.8) is 0 Å². The van der Waals surface area contributed by atoms with Gasteiger partial charge in [-0.05, 0) is 25.5 Å². The molecule has 1 aromatic carbocycles. The summed E-state index contributed by atoms with van der Waals surface area (Å²) in [7, 11) is 0.